The Morgan fingerprint density at radius 3 is 2.88 bits per heavy atom. The Morgan fingerprint density at radius 1 is 1.50 bits per heavy atom. The van der Waals surface area contributed by atoms with Crippen LogP contribution in [0.2, 0.25) is 0 Å². The lowest BCUT2D eigenvalue weighted by Gasteiger charge is -2.20. The Balaban J connectivity index is 1.65. The fourth-order valence-corrected chi connectivity index (χ4v) is 4.86. The van der Waals surface area contributed by atoms with Crippen LogP contribution in [0.5, 0.6) is 0 Å². The maximum absolute atomic E-state index is 15.5. The number of hydrogen-bond acceptors (Lipinski definition) is 10. The van der Waals surface area contributed by atoms with Gasteiger partial charge < -0.3 is 20.5 Å². The number of imidazole rings is 1. The fraction of sp³-hybridized carbons (Fsp3) is 0.667. The molecule has 0 aromatic carbocycles. The summed E-state index contributed by atoms with van der Waals surface area (Å²) in [7, 11) is 0.00752. The van der Waals surface area contributed by atoms with E-state index >= 15 is 4.39 Å². The van der Waals surface area contributed by atoms with Gasteiger partial charge in [0.15, 0.2) is 23.6 Å². The normalized spacial score (nSPS) is 24.7. The standard InChI is InChI=1S/C18H28FN7O4PS/c1-9(2)29-16(27)11(4)25-31(32)28-7-18(19)6-10(3)15(30-18)26-8-22-12-13(21-5)23-17(20)24-14(12)26/h8-11,15H,6-7H2,1-5H3,(H,25,32)(H3,20,21,23,24)/q+1/t10-,11-,15+,18-/m0/s1. The van der Waals surface area contributed by atoms with E-state index in [1.54, 1.807) is 32.4 Å². The van der Waals surface area contributed by atoms with Crippen molar-refractivity contribution in [3.8, 4) is 0 Å². The van der Waals surface area contributed by atoms with Crippen LogP contribution in [0.4, 0.5) is 16.2 Å². The van der Waals surface area contributed by atoms with Crippen LogP contribution in [0.3, 0.4) is 0 Å². The molecule has 5 atom stereocenters. The van der Waals surface area contributed by atoms with Gasteiger partial charge in [-0.15, -0.1) is 4.52 Å². The van der Waals surface area contributed by atoms with Gasteiger partial charge in [-0.1, -0.05) is 12.0 Å². The fourth-order valence-electron chi connectivity index (χ4n) is 3.42. The van der Waals surface area contributed by atoms with Crippen LogP contribution in [-0.2, 0) is 30.6 Å². The molecule has 14 heteroatoms. The quantitative estimate of drug-likeness (QED) is 0.354. The number of halogens is 1. The Bertz CT molecular complexity index is 1010. The molecule has 1 aliphatic heterocycles. The molecule has 4 N–H and O–H groups in total. The third kappa shape index (κ3) is 5.46. The molecule has 1 saturated heterocycles. The second kappa shape index (κ2) is 9.84. The van der Waals surface area contributed by atoms with Crippen LogP contribution in [-0.4, -0.2) is 57.1 Å². The zero-order valence-electron chi connectivity index (χ0n) is 18.5. The van der Waals surface area contributed by atoms with Crippen molar-refractivity contribution in [2.75, 3.05) is 24.7 Å². The van der Waals surface area contributed by atoms with Crippen molar-refractivity contribution >= 4 is 47.8 Å². The van der Waals surface area contributed by atoms with E-state index in [0.29, 0.717) is 17.0 Å². The monoisotopic (exact) mass is 488 g/mol. The van der Waals surface area contributed by atoms with Crippen molar-refractivity contribution in [3.05, 3.63) is 6.33 Å². The van der Waals surface area contributed by atoms with E-state index in [2.05, 4.69) is 25.4 Å². The van der Waals surface area contributed by atoms with Gasteiger partial charge in [0.05, 0.1) is 12.4 Å². The number of rotatable bonds is 9. The lowest BCUT2D eigenvalue weighted by atomic mass is 10.1. The summed E-state index contributed by atoms with van der Waals surface area (Å²) in [6, 6.07) is -0.670. The highest BCUT2D eigenvalue weighted by molar-refractivity contribution is 8.02. The third-order valence-corrected chi connectivity index (χ3v) is 6.39. The summed E-state index contributed by atoms with van der Waals surface area (Å²) in [5, 5.41) is 5.74. The molecule has 11 nitrogen and oxygen atoms in total. The Morgan fingerprint density at radius 2 is 2.22 bits per heavy atom. The molecule has 2 aromatic heterocycles. The van der Waals surface area contributed by atoms with Crippen LogP contribution >= 0.6 is 7.07 Å². The molecular weight excluding hydrogens is 460 g/mol. The summed E-state index contributed by atoms with van der Waals surface area (Å²) in [4.78, 5) is 24.6. The van der Waals surface area contributed by atoms with Gasteiger partial charge in [0.1, 0.15) is 12.3 Å². The van der Waals surface area contributed by atoms with Gasteiger partial charge in [-0.05, 0) is 20.8 Å². The smallest absolute Gasteiger partial charge is 0.440 e. The summed E-state index contributed by atoms with van der Waals surface area (Å²) in [5.41, 5.74) is 6.74. The van der Waals surface area contributed by atoms with Gasteiger partial charge in [0.2, 0.25) is 23.6 Å². The van der Waals surface area contributed by atoms with E-state index in [1.165, 1.54) is 6.33 Å². The molecule has 0 amide bonds. The van der Waals surface area contributed by atoms with Crippen molar-refractivity contribution < 1.29 is 23.2 Å². The van der Waals surface area contributed by atoms with Gasteiger partial charge in [-0.3, -0.25) is 9.36 Å². The second-order valence-corrected chi connectivity index (χ2v) is 9.97. The minimum absolute atomic E-state index is 0.0667. The van der Waals surface area contributed by atoms with Gasteiger partial charge in [0, 0.05) is 19.4 Å². The van der Waals surface area contributed by atoms with Crippen molar-refractivity contribution in [1.29, 1.82) is 0 Å². The van der Waals surface area contributed by atoms with Crippen molar-refractivity contribution in [2.24, 2.45) is 5.92 Å². The molecule has 0 aliphatic carbocycles. The predicted molar refractivity (Wildman–Crippen MR) is 121 cm³/mol. The number of aromatic nitrogens is 4. The van der Waals surface area contributed by atoms with E-state index in [4.69, 9.17) is 31.5 Å². The lowest BCUT2D eigenvalue weighted by Crippen LogP contribution is -2.34. The van der Waals surface area contributed by atoms with Gasteiger partial charge in [-0.25, -0.2) is 9.37 Å². The molecule has 176 valence electrons. The number of carbonyl (C=O) groups is 1. The summed E-state index contributed by atoms with van der Waals surface area (Å²) in [5.74, 6) is -2.18. The number of carbonyl (C=O) groups excluding carboxylic acids is 1. The van der Waals surface area contributed by atoms with E-state index in [0.717, 1.165) is 0 Å². The molecular formula is C18H28FN7O4PS+. The Labute approximate surface area is 191 Å². The molecule has 32 heavy (non-hydrogen) atoms. The average Bonchev–Trinajstić information content (AvgIpc) is 3.25. The predicted octanol–water partition coefficient (Wildman–Crippen LogP) is 2.39. The maximum atomic E-state index is 15.5. The summed E-state index contributed by atoms with van der Waals surface area (Å²) >= 11 is 5.22. The largest absolute Gasteiger partial charge is 0.462 e. The highest BCUT2D eigenvalue weighted by atomic mass is 32.4. The van der Waals surface area contributed by atoms with Gasteiger partial charge in [0.25, 0.3) is 0 Å². The van der Waals surface area contributed by atoms with Crippen molar-refractivity contribution in [1.82, 2.24) is 24.6 Å². The molecule has 2 aromatic rings. The molecule has 0 saturated carbocycles. The molecule has 3 heterocycles. The molecule has 3 rings (SSSR count). The number of esters is 1. The molecule has 0 spiro atoms. The van der Waals surface area contributed by atoms with Crippen LogP contribution in [0.1, 0.15) is 40.3 Å². The van der Waals surface area contributed by atoms with E-state index in [9.17, 15) is 4.79 Å². The Kier molecular flexibility index (Phi) is 7.56. The Hall–Kier alpha value is -2.05. The number of alkyl halides is 1. The zero-order chi connectivity index (χ0) is 23.6. The maximum Gasteiger partial charge on any atom is 0.440 e. The highest BCUT2D eigenvalue weighted by Gasteiger charge is 2.48. The molecule has 1 unspecified atom stereocenters. The SMILES string of the molecule is CNc1nc(N)nc2c1ncn2[C@@H]1O[C@](F)(CO[P+](=S)N[C@@H](C)C(=O)OC(C)C)C[C@@H]1C. The number of nitrogens with one attached hydrogen (secondary N) is 2. The third-order valence-electron chi connectivity index (χ3n) is 4.80. The summed E-state index contributed by atoms with van der Waals surface area (Å²) < 4.78 is 33.4. The van der Waals surface area contributed by atoms with Crippen LogP contribution < -0.4 is 16.1 Å². The first-order chi connectivity index (χ1) is 15.0. The van der Waals surface area contributed by atoms with E-state index in [1.807, 2.05) is 6.92 Å². The summed E-state index contributed by atoms with van der Waals surface area (Å²) in [6.07, 6.45) is 0.696. The van der Waals surface area contributed by atoms with Gasteiger partial charge >= 0.3 is 13.0 Å². The number of hydrogen-bond donors (Lipinski definition) is 3. The van der Waals surface area contributed by atoms with Crippen LogP contribution in [0.15, 0.2) is 6.33 Å². The number of nitrogens with zero attached hydrogens (tertiary/aromatic N) is 4. The average molecular weight is 489 g/mol. The number of nitrogen functional groups attached to an aromatic ring is 1. The van der Waals surface area contributed by atoms with Crippen molar-refractivity contribution in [2.45, 2.75) is 58.3 Å². The van der Waals surface area contributed by atoms with Crippen LogP contribution in [0, 0.1) is 5.92 Å². The number of nitrogens with two attached hydrogens (primary N) is 1. The second-order valence-electron chi connectivity index (χ2n) is 7.94. The highest BCUT2D eigenvalue weighted by Crippen LogP contribution is 2.44. The minimum atomic E-state index is -2.06. The van der Waals surface area contributed by atoms with Gasteiger partial charge in [-0.2, -0.15) is 9.97 Å². The topological polar surface area (TPSA) is 138 Å². The first-order valence-corrected chi connectivity index (χ1v) is 12.4. The first kappa shape index (κ1) is 24.6. The number of fused-ring (bicyclic) bond motifs is 1. The molecule has 0 bridgehead atoms. The number of anilines is 2. The van der Waals surface area contributed by atoms with E-state index in [-0.39, 0.29) is 31.0 Å². The molecule has 0 radical (unpaired) electrons. The lowest BCUT2D eigenvalue weighted by molar-refractivity contribution is -0.171. The molecule has 1 aliphatic rings. The van der Waals surface area contributed by atoms with Crippen LogP contribution in [0.25, 0.3) is 11.2 Å². The van der Waals surface area contributed by atoms with E-state index < -0.39 is 31.2 Å². The number of ether oxygens (including phenoxy) is 2. The zero-order valence-corrected chi connectivity index (χ0v) is 20.2. The first-order valence-electron chi connectivity index (χ1n) is 10.1. The van der Waals surface area contributed by atoms with Crippen molar-refractivity contribution in [3.63, 3.8) is 0 Å². The molecule has 1 fully saturated rings. The minimum Gasteiger partial charge on any atom is -0.462 e. The summed E-state index contributed by atoms with van der Waals surface area (Å²) in [6.45, 7) is 6.60.